The van der Waals surface area contributed by atoms with Crippen molar-refractivity contribution in [3.63, 3.8) is 0 Å². The van der Waals surface area contributed by atoms with Gasteiger partial charge in [0.2, 0.25) is 5.91 Å². The number of carbonyl (C=O) groups excluding carboxylic acids is 1. The second kappa shape index (κ2) is 6.03. The summed E-state index contributed by atoms with van der Waals surface area (Å²) in [7, 11) is 0. The average Bonchev–Trinajstić information content (AvgIpc) is 3.09. The van der Waals surface area contributed by atoms with Crippen molar-refractivity contribution in [3.05, 3.63) is 52.9 Å². The van der Waals surface area contributed by atoms with Gasteiger partial charge < -0.3 is 14.4 Å². The summed E-state index contributed by atoms with van der Waals surface area (Å²) in [6.45, 7) is 1.75. The van der Waals surface area contributed by atoms with E-state index in [1.54, 1.807) is 31.2 Å². The third-order valence-corrected chi connectivity index (χ3v) is 3.18. The Balaban J connectivity index is 1.66. The van der Waals surface area contributed by atoms with Crippen LogP contribution in [0.15, 0.2) is 45.4 Å². The topological polar surface area (TPSA) is 81.2 Å². The molecule has 22 heavy (non-hydrogen) atoms. The standard InChI is InChI=1S/C15H12ClN3O3/c1-9-6-14(19-21-9)17-15(20)8-12-7-13(22-18-12)10-2-4-11(16)5-3-10/h2-7H,8H2,1H3,(H,17,19,20). The highest BCUT2D eigenvalue weighted by Crippen LogP contribution is 2.22. The van der Waals surface area contributed by atoms with Crippen LogP contribution in [0.1, 0.15) is 11.5 Å². The summed E-state index contributed by atoms with van der Waals surface area (Å²) in [5.41, 5.74) is 1.37. The van der Waals surface area contributed by atoms with Crippen LogP contribution in [0.2, 0.25) is 5.02 Å². The summed E-state index contributed by atoms with van der Waals surface area (Å²) in [6.07, 6.45) is 0.0863. The molecule has 0 spiro atoms. The van der Waals surface area contributed by atoms with Gasteiger partial charge in [-0.25, -0.2) is 0 Å². The predicted molar refractivity (Wildman–Crippen MR) is 80.5 cm³/mol. The first-order valence-corrected chi connectivity index (χ1v) is 6.92. The van der Waals surface area contributed by atoms with Crippen LogP contribution in [0, 0.1) is 6.92 Å². The number of carbonyl (C=O) groups is 1. The highest BCUT2D eigenvalue weighted by atomic mass is 35.5. The van der Waals surface area contributed by atoms with Crippen molar-refractivity contribution in [2.75, 3.05) is 5.32 Å². The van der Waals surface area contributed by atoms with Gasteiger partial charge in [0.05, 0.1) is 12.1 Å². The Hall–Kier alpha value is -2.60. The van der Waals surface area contributed by atoms with Gasteiger partial charge in [-0.2, -0.15) is 0 Å². The number of rotatable bonds is 4. The smallest absolute Gasteiger partial charge is 0.231 e. The minimum absolute atomic E-state index is 0.0863. The Morgan fingerprint density at radius 2 is 1.95 bits per heavy atom. The van der Waals surface area contributed by atoms with Crippen molar-refractivity contribution in [1.82, 2.24) is 10.3 Å². The largest absolute Gasteiger partial charge is 0.360 e. The first kappa shape index (κ1) is 14.3. The minimum Gasteiger partial charge on any atom is -0.360 e. The van der Waals surface area contributed by atoms with Crippen molar-refractivity contribution in [3.8, 4) is 11.3 Å². The molecule has 1 amide bonds. The quantitative estimate of drug-likeness (QED) is 0.796. The third kappa shape index (κ3) is 3.35. The maximum Gasteiger partial charge on any atom is 0.231 e. The maximum absolute atomic E-state index is 11.9. The molecular formula is C15H12ClN3O3. The number of nitrogens with zero attached hydrogens (tertiary/aromatic N) is 2. The molecule has 0 saturated heterocycles. The van der Waals surface area contributed by atoms with Gasteiger partial charge in [-0.3, -0.25) is 4.79 Å². The first-order chi connectivity index (χ1) is 10.6. The van der Waals surface area contributed by atoms with E-state index in [4.69, 9.17) is 20.6 Å². The lowest BCUT2D eigenvalue weighted by molar-refractivity contribution is -0.115. The Morgan fingerprint density at radius 1 is 1.18 bits per heavy atom. The predicted octanol–water partition coefficient (Wildman–Crippen LogP) is 3.47. The fraction of sp³-hybridized carbons (Fsp3) is 0.133. The highest BCUT2D eigenvalue weighted by Gasteiger charge is 2.12. The molecule has 0 radical (unpaired) electrons. The van der Waals surface area contributed by atoms with Gasteiger partial charge in [0.15, 0.2) is 11.6 Å². The van der Waals surface area contributed by atoms with Crippen LogP contribution in [0.4, 0.5) is 5.82 Å². The highest BCUT2D eigenvalue weighted by molar-refractivity contribution is 6.30. The van der Waals surface area contributed by atoms with E-state index in [0.717, 1.165) is 5.56 Å². The first-order valence-electron chi connectivity index (χ1n) is 6.55. The van der Waals surface area contributed by atoms with Crippen LogP contribution in [-0.4, -0.2) is 16.2 Å². The van der Waals surface area contributed by atoms with E-state index in [9.17, 15) is 4.79 Å². The molecule has 2 heterocycles. The van der Waals surface area contributed by atoms with Gasteiger partial charge in [-0.15, -0.1) is 0 Å². The molecule has 7 heteroatoms. The molecule has 0 saturated carbocycles. The third-order valence-electron chi connectivity index (χ3n) is 2.92. The molecule has 3 rings (SSSR count). The van der Waals surface area contributed by atoms with Gasteiger partial charge in [0.1, 0.15) is 5.76 Å². The SMILES string of the molecule is Cc1cc(NC(=O)Cc2cc(-c3ccc(Cl)cc3)on2)no1. The van der Waals surface area contributed by atoms with E-state index in [2.05, 4.69) is 15.6 Å². The number of aromatic nitrogens is 2. The number of aryl methyl sites for hydroxylation is 1. The zero-order valence-electron chi connectivity index (χ0n) is 11.7. The molecule has 0 bridgehead atoms. The van der Waals surface area contributed by atoms with Crippen molar-refractivity contribution in [1.29, 1.82) is 0 Å². The molecule has 0 aliphatic carbocycles. The Morgan fingerprint density at radius 3 is 2.64 bits per heavy atom. The van der Waals surface area contributed by atoms with Crippen LogP contribution in [0.3, 0.4) is 0 Å². The van der Waals surface area contributed by atoms with E-state index < -0.39 is 0 Å². The number of halogens is 1. The van der Waals surface area contributed by atoms with Crippen LogP contribution in [0.25, 0.3) is 11.3 Å². The van der Waals surface area contributed by atoms with Crippen molar-refractivity contribution in [2.45, 2.75) is 13.3 Å². The molecule has 0 aliphatic heterocycles. The molecule has 0 aliphatic rings. The summed E-state index contributed by atoms with van der Waals surface area (Å²) in [5.74, 6) is 1.34. The van der Waals surface area contributed by atoms with Crippen LogP contribution >= 0.6 is 11.6 Å². The fourth-order valence-electron chi connectivity index (χ4n) is 1.92. The second-order valence-electron chi connectivity index (χ2n) is 4.74. The Bertz CT molecular complexity index is 792. The minimum atomic E-state index is -0.246. The zero-order chi connectivity index (χ0) is 15.5. The molecule has 2 aromatic heterocycles. The van der Waals surface area contributed by atoms with E-state index in [-0.39, 0.29) is 12.3 Å². The van der Waals surface area contributed by atoms with Crippen molar-refractivity contribution in [2.24, 2.45) is 0 Å². The summed E-state index contributed by atoms with van der Waals surface area (Å²) < 4.78 is 10.1. The molecular weight excluding hydrogens is 306 g/mol. The number of amides is 1. The molecule has 1 aromatic carbocycles. The van der Waals surface area contributed by atoms with Gasteiger partial charge in [-0.05, 0) is 31.2 Å². The molecule has 0 atom stereocenters. The van der Waals surface area contributed by atoms with E-state index in [1.165, 1.54) is 0 Å². The summed E-state index contributed by atoms with van der Waals surface area (Å²) in [5, 5.41) is 10.9. The molecule has 112 valence electrons. The van der Waals surface area contributed by atoms with Gasteiger partial charge >= 0.3 is 0 Å². The maximum atomic E-state index is 11.9. The lowest BCUT2D eigenvalue weighted by Gasteiger charge is -1.97. The number of hydrogen-bond acceptors (Lipinski definition) is 5. The number of nitrogens with one attached hydrogen (secondary N) is 1. The number of anilines is 1. The van der Waals surface area contributed by atoms with E-state index in [1.807, 2.05) is 12.1 Å². The van der Waals surface area contributed by atoms with Gasteiger partial charge in [0, 0.05) is 22.7 Å². The van der Waals surface area contributed by atoms with Gasteiger partial charge in [0.25, 0.3) is 0 Å². The van der Waals surface area contributed by atoms with E-state index in [0.29, 0.717) is 28.1 Å². The number of benzene rings is 1. The lowest BCUT2D eigenvalue weighted by Crippen LogP contribution is -2.14. The summed E-state index contributed by atoms with van der Waals surface area (Å²) in [4.78, 5) is 11.9. The summed E-state index contributed by atoms with van der Waals surface area (Å²) in [6, 6.07) is 10.5. The van der Waals surface area contributed by atoms with Gasteiger partial charge in [-0.1, -0.05) is 21.9 Å². The monoisotopic (exact) mass is 317 g/mol. The molecule has 3 aromatic rings. The Labute approximate surface area is 131 Å². The summed E-state index contributed by atoms with van der Waals surface area (Å²) >= 11 is 5.84. The van der Waals surface area contributed by atoms with Crippen LogP contribution in [-0.2, 0) is 11.2 Å². The lowest BCUT2D eigenvalue weighted by atomic mass is 10.1. The van der Waals surface area contributed by atoms with Crippen LogP contribution < -0.4 is 5.32 Å². The van der Waals surface area contributed by atoms with Crippen molar-refractivity contribution >= 4 is 23.3 Å². The molecule has 0 fully saturated rings. The molecule has 6 nitrogen and oxygen atoms in total. The van der Waals surface area contributed by atoms with Crippen molar-refractivity contribution < 1.29 is 13.8 Å². The normalized spacial score (nSPS) is 10.6. The van der Waals surface area contributed by atoms with E-state index >= 15 is 0 Å². The number of hydrogen-bond donors (Lipinski definition) is 1. The fourth-order valence-corrected chi connectivity index (χ4v) is 2.05. The average molecular weight is 318 g/mol. The molecule has 0 unspecified atom stereocenters. The zero-order valence-corrected chi connectivity index (χ0v) is 12.4. The molecule has 1 N–H and O–H groups in total. The van der Waals surface area contributed by atoms with Crippen LogP contribution in [0.5, 0.6) is 0 Å². The Kier molecular flexibility index (Phi) is 3.93. The second-order valence-corrected chi connectivity index (χ2v) is 5.17.